The van der Waals surface area contributed by atoms with Crippen LogP contribution >= 0.6 is 15.9 Å². The van der Waals surface area contributed by atoms with Crippen molar-refractivity contribution >= 4 is 15.9 Å². The third-order valence-electron chi connectivity index (χ3n) is 2.24. The van der Waals surface area contributed by atoms with E-state index in [1.165, 1.54) is 0 Å². The minimum atomic E-state index is 0.507. The Morgan fingerprint density at radius 3 is 2.53 bits per heavy atom. The van der Waals surface area contributed by atoms with E-state index in [2.05, 4.69) is 20.9 Å². The van der Waals surface area contributed by atoms with Gasteiger partial charge in [0.25, 0.3) is 0 Å². The Labute approximate surface area is 109 Å². The summed E-state index contributed by atoms with van der Waals surface area (Å²) in [6.45, 7) is 0.507. The number of hydrogen-bond acceptors (Lipinski definition) is 3. The van der Waals surface area contributed by atoms with E-state index < -0.39 is 0 Å². The Bertz CT molecular complexity index is 488. The summed E-state index contributed by atoms with van der Waals surface area (Å²) in [4.78, 5) is 4.23. The van der Waals surface area contributed by atoms with Crippen LogP contribution in [0.25, 0.3) is 0 Å². The van der Waals surface area contributed by atoms with Gasteiger partial charge in [0.1, 0.15) is 6.61 Å². The maximum atomic E-state index is 5.58. The first kappa shape index (κ1) is 11.9. The fourth-order valence-electron chi connectivity index (χ4n) is 1.37. The molecule has 0 atom stereocenters. The van der Waals surface area contributed by atoms with Crippen molar-refractivity contribution in [3.05, 3.63) is 52.6 Å². The maximum absolute atomic E-state index is 5.58. The van der Waals surface area contributed by atoms with Gasteiger partial charge in [0.15, 0.2) is 10.4 Å². The Morgan fingerprint density at radius 1 is 1.12 bits per heavy atom. The molecule has 3 nitrogen and oxygen atoms in total. The topological polar surface area (TPSA) is 31.4 Å². The fourth-order valence-corrected chi connectivity index (χ4v) is 1.84. The molecule has 0 amide bonds. The second-order valence-corrected chi connectivity index (χ2v) is 4.17. The summed E-state index contributed by atoms with van der Waals surface area (Å²) in [6.07, 6.45) is 0. The third kappa shape index (κ3) is 3.20. The monoisotopic (exact) mass is 293 g/mol. The van der Waals surface area contributed by atoms with Crippen LogP contribution in [0.3, 0.4) is 0 Å². The summed E-state index contributed by atoms with van der Waals surface area (Å²) in [6, 6.07) is 13.6. The third-order valence-corrected chi connectivity index (χ3v) is 2.81. The highest BCUT2D eigenvalue weighted by atomic mass is 79.9. The van der Waals surface area contributed by atoms with Gasteiger partial charge in [-0.2, -0.15) is 0 Å². The van der Waals surface area contributed by atoms with Gasteiger partial charge in [-0.25, -0.2) is 4.98 Å². The molecule has 2 rings (SSSR count). The van der Waals surface area contributed by atoms with Crippen LogP contribution in [-0.4, -0.2) is 12.1 Å². The highest BCUT2D eigenvalue weighted by Gasteiger charge is 2.03. The predicted molar refractivity (Wildman–Crippen MR) is 69.3 cm³/mol. The molecule has 17 heavy (non-hydrogen) atoms. The first-order valence-corrected chi connectivity index (χ1v) is 5.96. The van der Waals surface area contributed by atoms with E-state index in [0.717, 1.165) is 5.56 Å². The smallest absolute Gasteiger partial charge is 0.214 e. The number of nitrogens with zero attached hydrogens (tertiary/aromatic N) is 1. The van der Waals surface area contributed by atoms with Crippen molar-refractivity contribution in [2.45, 2.75) is 6.61 Å². The molecule has 0 radical (unpaired) electrons. The lowest BCUT2D eigenvalue weighted by Gasteiger charge is -2.07. The molecular formula is C13H12BrNO2. The van der Waals surface area contributed by atoms with Crippen LogP contribution in [0, 0.1) is 0 Å². The van der Waals surface area contributed by atoms with Crippen molar-refractivity contribution in [1.29, 1.82) is 0 Å². The molecule has 0 saturated carbocycles. The molecule has 2 aromatic rings. The van der Waals surface area contributed by atoms with Crippen LogP contribution < -0.4 is 9.47 Å². The number of aromatic nitrogens is 1. The van der Waals surface area contributed by atoms with E-state index in [4.69, 9.17) is 9.47 Å². The van der Waals surface area contributed by atoms with Crippen molar-refractivity contribution in [3.63, 3.8) is 0 Å². The zero-order valence-electron chi connectivity index (χ0n) is 9.39. The lowest BCUT2D eigenvalue weighted by molar-refractivity contribution is 0.292. The van der Waals surface area contributed by atoms with Gasteiger partial charge in [-0.3, -0.25) is 0 Å². The number of halogens is 1. The number of methoxy groups -OCH3 is 1. The van der Waals surface area contributed by atoms with Crippen molar-refractivity contribution in [2.24, 2.45) is 0 Å². The highest BCUT2D eigenvalue weighted by Crippen LogP contribution is 2.25. The Hall–Kier alpha value is -1.55. The zero-order chi connectivity index (χ0) is 12.1. The quantitative estimate of drug-likeness (QED) is 0.810. The molecule has 0 bridgehead atoms. The van der Waals surface area contributed by atoms with E-state index in [1.54, 1.807) is 13.2 Å². The minimum absolute atomic E-state index is 0.507. The number of benzene rings is 1. The molecule has 4 heteroatoms. The summed E-state index contributed by atoms with van der Waals surface area (Å²) in [5, 5.41) is 0. The fraction of sp³-hybridized carbons (Fsp3) is 0.154. The number of ether oxygens (including phenoxy) is 2. The molecule has 1 heterocycles. The summed E-state index contributed by atoms with van der Waals surface area (Å²) < 4.78 is 11.3. The number of rotatable bonds is 4. The lowest BCUT2D eigenvalue weighted by Crippen LogP contribution is -1.97. The van der Waals surface area contributed by atoms with Crippen LogP contribution in [0.2, 0.25) is 0 Å². The van der Waals surface area contributed by atoms with Crippen LogP contribution in [0.5, 0.6) is 11.6 Å². The largest absolute Gasteiger partial charge is 0.494 e. The normalized spacial score (nSPS) is 10.0. The van der Waals surface area contributed by atoms with Gasteiger partial charge in [0, 0.05) is 6.07 Å². The summed E-state index contributed by atoms with van der Waals surface area (Å²) in [5.41, 5.74) is 1.11. The van der Waals surface area contributed by atoms with Gasteiger partial charge >= 0.3 is 0 Å². The Kier molecular flexibility index (Phi) is 3.98. The van der Waals surface area contributed by atoms with Crippen LogP contribution in [-0.2, 0) is 6.61 Å². The zero-order valence-corrected chi connectivity index (χ0v) is 11.0. The summed E-state index contributed by atoms with van der Waals surface area (Å²) in [5.74, 6) is 1.26. The van der Waals surface area contributed by atoms with Gasteiger partial charge in [-0.05, 0) is 27.6 Å². The average molecular weight is 294 g/mol. The standard InChI is InChI=1S/C13H12BrNO2/c1-16-11-7-8-12(15-13(11)14)17-9-10-5-3-2-4-6-10/h2-8H,9H2,1H3. The number of pyridine rings is 1. The van der Waals surface area contributed by atoms with Crippen molar-refractivity contribution < 1.29 is 9.47 Å². The molecule has 0 aliphatic carbocycles. The maximum Gasteiger partial charge on any atom is 0.214 e. The molecule has 0 N–H and O–H groups in total. The second kappa shape index (κ2) is 5.68. The van der Waals surface area contributed by atoms with E-state index in [9.17, 15) is 0 Å². The number of hydrogen-bond donors (Lipinski definition) is 0. The van der Waals surface area contributed by atoms with Crippen molar-refractivity contribution in [3.8, 4) is 11.6 Å². The van der Waals surface area contributed by atoms with Gasteiger partial charge in [-0.1, -0.05) is 30.3 Å². The first-order chi connectivity index (χ1) is 8.29. The molecule has 0 aliphatic rings. The van der Waals surface area contributed by atoms with Gasteiger partial charge in [-0.15, -0.1) is 0 Å². The summed E-state index contributed by atoms with van der Waals surface area (Å²) >= 11 is 3.32. The molecule has 0 saturated heterocycles. The Morgan fingerprint density at radius 2 is 1.88 bits per heavy atom. The van der Waals surface area contributed by atoms with Crippen molar-refractivity contribution in [2.75, 3.05) is 7.11 Å². The summed E-state index contributed by atoms with van der Waals surface area (Å²) in [7, 11) is 1.60. The molecule has 0 aliphatic heterocycles. The van der Waals surface area contributed by atoms with Gasteiger partial charge < -0.3 is 9.47 Å². The highest BCUT2D eigenvalue weighted by molar-refractivity contribution is 9.10. The molecule has 88 valence electrons. The minimum Gasteiger partial charge on any atom is -0.494 e. The van der Waals surface area contributed by atoms with Gasteiger partial charge in [0.05, 0.1) is 7.11 Å². The molecular weight excluding hydrogens is 282 g/mol. The average Bonchev–Trinajstić information content (AvgIpc) is 2.38. The Balaban J connectivity index is 2.02. The van der Waals surface area contributed by atoms with Crippen LogP contribution in [0.15, 0.2) is 47.1 Å². The van der Waals surface area contributed by atoms with Crippen LogP contribution in [0.4, 0.5) is 0 Å². The lowest BCUT2D eigenvalue weighted by atomic mass is 10.2. The van der Waals surface area contributed by atoms with E-state index in [-0.39, 0.29) is 0 Å². The van der Waals surface area contributed by atoms with E-state index >= 15 is 0 Å². The predicted octanol–water partition coefficient (Wildman–Crippen LogP) is 3.43. The molecule has 1 aromatic carbocycles. The SMILES string of the molecule is COc1ccc(OCc2ccccc2)nc1Br. The van der Waals surface area contributed by atoms with E-state index in [0.29, 0.717) is 22.8 Å². The molecule has 1 aromatic heterocycles. The van der Waals surface area contributed by atoms with Crippen molar-refractivity contribution in [1.82, 2.24) is 4.98 Å². The molecule has 0 fully saturated rings. The first-order valence-electron chi connectivity index (χ1n) is 5.17. The molecule has 0 spiro atoms. The van der Waals surface area contributed by atoms with Gasteiger partial charge in [0.2, 0.25) is 5.88 Å². The van der Waals surface area contributed by atoms with E-state index in [1.807, 2.05) is 36.4 Å². The second-order valence-electron chi connectivity index (χ2n) is 3.42. The van der Waals surface area contributed by atoms with Crippen LogP contribution in [0.1, 0.15) is 5.56 Å². The molecule has 0 unspecified atom stereocenters.